The van der Waals surface area contributed by atoms with Gasteiger partial charge in [0.05, 0.1) is 23.3 Å². The van der Waals surface area contributed by atoms with Crippen molar-refractivity contribution in [2.45, 2.75) is 32.0 Å². The summed E-state index contributed by atoms with van der Waals surface area (Å²) in [6.45, 7) is 5.20. The highest BCUT2D eigenvalue weighted by Gasteiger charge is 2.25. The number of aryl methyl sites for hydroxylation is 2. The maximum absolute atomic E-state index is 12.8. The second kappa shape index (κ2) is 8.52. The summed E-state index contributed by atoms with van der Waals surface area (Å²) in [4.78, 5) is 29.6. The number of carbonyl (C=O) groups is 2. The molecule has 0 saturated carbocycles. The van der Waals surface area contributed by atoms with Gasteiger partial charge >= 0.3 is 5.97 Å². The molecule has 1 unspecified atom stereocenters. The lowest BCUT2D eigenvalue weighted by molar-refractivity contribution is -0.123. The van der Waals surface area contributed by atoms with Gasteiger partial charge in [-0.05, 0) is 39.2 Å². The Hall–Kier alpha value is -3.07. The second-order valence-electron chi connectivity index (χ2n) is 6.51. The zero-order chi connectivity index (χ0) is 21.1. The minimum atomic E-state index is -0.988. The molecular weight excluding hydrogens is 390 g/mol. The minimum Gasteiger partial charge on any atom is -0.448 e. The first-order valence-electron chi connectivity index (χ1n) is 9.02. The van der Waals surface area contributed by atoms with Crippen LogP contribution in [0.15, 0.2) is 41.7 Å². The summed E-state index contributed by atoms with van der Waals surface area (Å²) in [5, 5.41) is 7.72. The average Bonchev–Trinajstić information content (AvgIpc) is 3.25. The fourth-order valence-corrected chi connectivity index (χ4v) is 3.45. The molecule has 0 aliphatic rings. The Bertz CT molecular complexity index is 1040. The summed E-state index contributed by atoms with van der Waals surface area (Å²) in [6, 6.07) is 9.41. The van der Waals surface area contributed by atoms with Gasteiger partial charge in [0.2, 0.25) is 0 Å². The van der Waals surface area contributed by atoms with Gasteiger partial charge in [-0.1, -0.05) is 30.0 Å². The van der Waals surface area contributed by atoms with Gasteiger partial charge in [0.25, 0.3) is 5.91 Å². The number of ether oxygens (including phenoxy) is 1. The van der Waals surface area contributed by atoms with E-state index in [0.717, 1.165) is 11.4 Å². The number of aromatic nitrogens is 4. The van der Waals surface area contributed by atoms with E-state index in [1.165, 1.54) is 24.9 Å². The highest BCUT2D eigenvalue weighted by atomic mass is 32.2. The number of para-hydroxylation sites is 1. The number of hydrogen-bond donors (Lipinski definition) is 1. The number of anilines is 1. The van der Waals surface area contributed by atoms with E-state index in [1.807, 2.05) is 50.4 Å². The van der Waals surface area contributed by atoms with Crippen LogP contribution >= 0.6 is 11.8 Å². The lowest BCUT2D eigenvalue weighted by Gasteiger charge is -2.15. The molecule has 0 spiro atoms. The van der Waals surface area contributed by atoms with E-state index in [1.54, 1.807) is 16.3 Å². The first-order chi connectivity index (χ1) is 13.8. The van der Waals surface area contributed by atoms with Crippen LogP contribution in [0.25, 0.3) is 5.69 Å². The van der Waals surface area contributed by atoms with Crippen LogP contribution in [-0.2, 0) is 16.6 Å². The monoisotopic (exact) mass is 413 g/mol. The molecule has 2 aromatic heterocycles. The minimum absolute atomic E-state index is 0.258. The summed E-state index contributed by atoms with van der Waals surface area (Å²) < 4.78 is 8.83. The van der Waals surface area contributed by atoms with Crippen molar-refractivity contribution >= 4 is 29.3 Å². The van der Waals surface area contributed by atoms with Crippen LogP contribution in [0.1, 0.15) is 28.8 Å². The van der Waals surface area contributed by atoms with Crippen molar-refractivity contribution in [1.82, 2.24) is 19.3 Å². The molecule has 29 heavy (non-hydrogen) atoms. The number of nitrogens with one attached hydrogen (secondary N) is 1. The molecule has 1 amide bonds. The smallest absolute Gasteiger partial charge is 0.357 e. The number of benzene rings is 1. The number of esters is 1. The Labute approximate surface area is 173 Å². The van der Waals surface area contributed by atoms with Crippen molar-refractivity contribution in [2.24, 2.45) is 7.05 Å². The van der Waals surface area contributed by atoms with Gasteiger partial charge in [-0.2, -0.15) is 5.10 Å². The lowest BCUT2D eigenvalue weighted by Crippen LogP contribution is -2.31. The molecular formula is C20H23N5O3S. The summed E-state index contributed by atoms with van der Waals surface area (Å²) in [5.41, 5.74) is 3.19. The largest absolute Gasteiger partial charge is 0.448 e. The topological polar surface area (TPSA) is 91.0 Å². The maximum Gasteiger partial charge on any atom is 0.357 e. The Morgan fingerprint density at radius 2 is 1.90 bits per heavy atom. The predicted octanol–water partition coefficient (Wildman–Crippen LogP) is 3.13. The molecule has 1 N–H and O–H groups in total. The second-order valence-corrected chi connectivity index (χ2v) is 7.28. The molecule has 8 nitrogen and oxygen atoms in total. The highest BCUT2D eigenvalue weighted by molar-refractivity contribution is 7.98. The zero-order valence-corrected chi connectivity index (χ0v) is 17.8. The van der Waals surface area contributed by atoms with Gasteiger partial charge in [0, 0.05) is 12.7 Å². The average molecular weight is 414 g/mol. The van der Waals surface area contributed by atoms with Gasteiger partial charge in [-0.25, -0.2) is 9.78 Å². The van der Waals surface area contributed by atoms with E-state index in [-0.39, 0.29) is 5.69 Å². The van der Waals surface area contributed by atoms with Crippen LogP contribution in [0.5, 0.6) is 0 Å². The fraction of sp³-hybridized carbons (Fsp3) is 0.300. The third kappa shape index (κ3) is 4.19. The molecule has 2 heterocycles. The number of nitrogens with zero attached hydrogens (tertiary/aromatic N) is 4. The number of amides is 1. The number of imidazole rings is 1. The van der Waals surface area contributed by atoms with E-state index in [4.69, 9.17) is 4.74 Å². The summed E-state index contributed by atoms with van der Waals surface area (Å²) >= 11 is 1.42. The number of rotatable bonds is 6. The van der Waals surface area contributed by atoms with Gasteiger partial charge in [0.15, 0.2) is 17.0 Å². The van der Waals surface area contributed by atoms with Gasteiger partial charge < -0.3 is 10.1 Å². The van der Waals surface area contributed by atoms with Crippen molar-refractivity contribution in [3.05, 3.63) is 53.6 Å². The molecule has 0 fully saturated rings. The van der Waals surface area contributed by atoms with Gasteiger partial charge in [-0.3, -0.25) is 14.0 Å². The standard InChI is InChI=1S/C20H23N5O3S/c1-12-17(13(2)24(4)23-12)22-18(26)14(3)28-19(27)16-11-21-20(29-5)25(16)15-9-7-6-8-10-15/h6-11,14H,1-5H3,(H,22,26). The van der Waals surface area contributed by atoms with Crippen molar-refractivity contribution in [3.63, 3.8) is 0 Å². The zero-order valence-electron chi connectivity index (χ0n) is 17.0. The first kappa shape index (κ1) is 20.7. The molecule has 0 aliphatic carbocycles. The van der Waals surface area contributed by atoms with E-state index >= 15 is 0 Å². The third-order valence-corrected chi connectivity index (χ3v) is 5.20. The predicted molar refractivity (Wildman–Crippen MR) is 112 cm³/mol. The molecule has 0 bridgehead atoms. The quantitative estimate of drug-likeness (QED) is 0.493. The molecule has 0 aliphatic heterocycles. The first-order valence-corrected chi connectivity index (χ1v) is 10.2. The molecule has 0 saturated heterocycles. The fourth-order valence-electron chi connectivity index (χ4n) is 2.90. The lowest BCUT2D eigenvalue weighted by atomic mass is 10.3. The number of thioether (sulfide) groups is 1. The van der Waals surface area contributed by atoms with E-state index in [9.17, 15) is 9.59 Å². The summed E-state index contributed by atoms with van der Waals surface area (Å²) in [5.74, 6) is -1.04. The highest BCUT2D eigenvalue weighted by Crippen LogP contribution is 2.23. The molecule has 152 valence electrons. The van der Waals surface area contributed by atoms with Crippen LogP contribution in [0.4, 0.5) is 5.69 Å². The van der Waals surface area contributed by atoms with Crippen LogP contribution in [0.3, 0.4) is 0 Å². The molecule has 3 aromatic rings. The van der Waals surface area contributed by atoms with Crippen LogP contribution in [-0.4, -0.2) is 43.6 Å². The van der Waals surface area contributed by atoms with Crippen LogP contribution in [0, 0.1) is 13.8 Å². The van der Waals surface area contributed by atoms with Gasteiger partial charge in [-0.15, -0.1) is 0 Å². The van der Waals surface area contributed by atoms with Crippen LogP contribution < -0.4 is 5.32 Å². The SMILES string of the molecule is CSc1ncc(C(=O)OC(C)C(=O)Nc2c(C)nn(C)c2C)n1-c1ccccc1. The Morgan fingerprint density at radius 3 is 2.48 bits per heavy atom. The Morgan fingerprint density at radius 1 is 1.21 bits per heavy atom. The number of hydrogen-bond acceptors (Lipinski definition) is 6. The molecule has 9 heteroatoms. The molecule has 1 atom stereocenters. The van der Waals surface area contributed by atoms with Crippen molar-refractivity contribution in [1.29, 1.82) is 0 Å². The molecule has 0 radical (unpaired) electrons. The molecule has 1 aromatic carbocycles. The maximum atomic E-state index is 12.8. The van der Waals surface area contributed by atoms with Crippen molar-refractivity contribution in [2.75, 3.05) is 11.6 Å². The van der Waals surface area contributed by atoms with E-state index in [2.05, 4.69) is 15.4 Å². The third-order valence-electron chi connectivity index (χ3n) is 4.55. The summed E-state index contributed by atoms with van der Waals surface area (Å²) in [6.07, 6.45) is 2.35. The van der Waals surface area contributed by atoms with E-state index < -0.39 is 18.0 Å². The number of carbonyl (C=O) groups excluding carboxylic acids is 2. The van der Waals surface area contributed by atoms with Crippen molar-refractivity contribution in [3.8, 4) is 5.69 Å². The Kier molecular flexibility index (Phi) is 6.07. The summed E-state index contributed by atoms with van der Waals surface area (Å²) in [7, 11) is 1.80. The Balaban J connectivity index is 1.78. The van der Waals surface area contributed by atoms with E-state index in [0.29, 0.717) is 16.5 Å². The van der Waals surface area contributed by atoms with Crippen molar-refractivity contribution < 1.29 is 14.3 Å². The normalized spacial score (nSPS) is 11.9. The molecule has 3 rings (SSSR count). The van der Waals surface area contributed by atoms with Crippen LogP contribution in [0.2, 0.25) is 0 Å². The van der Waals surface area contributed by atoms with Gasteiger partial charge in [0.1, 0.15) is 0 Å².